The molecular weight excluding hydrogens is 268 g/mol. The molecule has 2 rings (SSSR count). The number of carbonyl (C=O) groups excluding carboxylic acids is 1. The Bertz CT molecular complexity index is 618. The Hall–Kier alpha value is -2.61. The minimum absolute atomic E-state index is 0.00444. The molecule has 1 aliphatic heterocycles. The molecule has 1 aromatic rings. The van der Waals surface area contributed by atoms with Gasteiger partial charge in [0, 0.05) is 25.3 Å². The van der Waals surface area contributed by atoms with Crippen molar-refractivity contribution in [3.05, 3.63) is 48.0 Å². The average Bonchev–Trinajstić information content (AvgIpc) is 2.85. The van der Waals surface area contributed by atoms with E-state index in [1.807, 2.05) is 6.07 Å². The molecule has 5 heteroatoms. The van der Waals surface area contributed by atoms with Crippen molar-refractivity contribution in [2.24, 2.45) is 5.92 Å². The average molecular weight is 284 g/mol. The highest BCUT2D eigenvalue weighted by molar-refractivity contribution is 5.85. The number of nitriles is 1. The highest BCUT2D eigenvalue weighted by Gasteiger charge is 2.36. The van der Waals surface area contributed by atoms with Gasteiger partial charge in [0.25, 0.3) is 0 Å². The third kappa shape index (κ3) is 3.29. The van der Waals surface area contributed by atoms with Gasteiger partial charge in [0.05, 0.1) is 11.6 Å². The van der Waals surface area contributed by atoms with Crippen molar-refractivity contribution in [1.29, 1.82) is 5.26 Å². The molecule has 108 valence electrons. The van der Waals surface area contributed by atoms with Gasteiger partial charge in [-0.25, -0.2) is 4.79 Å². The zero-order chi connectivity index (χ0) is 15.4. The van der Waals surface area contributed by atoms with E-state index in [0.717, 1.165) is 5.56 Å². The number of rotatable bonds is 5. The fraction of sp³-hybridized carbons (Fsp3) is 0.312. The Morgan fingerprint density at radius 2 is 2.38 bits per heavy atom. The number of carboxylic acids is 1. The van der Waals surface area contributed by atoms with Crippen molar-refractivity contribution in [2.75, 3.05) is 6.54 Å². The normalized spacial score (nSPS) is 19.1. The van der Waals surface area contributed by atoms with E-state index in [2.05, 4.69) is 6.58 Å². The summed E-state index contributed by atoms with van der Waals surface area (Å²) in [6.45, 7) is 4.05. The summed E-state index contributed by atoms with van der Waals surface area (Å²) in [7, 11) is 0. The molecule has 0 spiro atoms. The summed E-state index contributed by atoms with van der Waals surface area (Å²) in [5, 5.41) is 18.3. The lowest BCUT2D eigenvalue weighted by Crippen LogP contribution is -2.43. The van der Waals surface area contributed by atoms with Crippen LogP contribution in [0.5, 0.6) is 0 Å². The van der Waals surface area contributed by atoms with Crippen molar-refractivity contribution in [1.82, 2.24) is 4.90 Å². The molecule has 1 aliphatic rings. The van der Waals surface area contributed by atoms with Gasteiger partial charge in [-0.2, -0.15) is 5.26 Å². The smallest absolute Gasteiger partial charge is 0.326 e. The molecule has 21 heavy (non-hydrogen) atoms. The summed E-state index contributed by atoms with van der Waals surface area (Å²) in [4.78, 5) is 24.9. The van der Waals surface area contributed by atoms with Crippen LogP contribution >= 0.6 is 0 Å². The Labute approximate surface area is 123 Å². The highest BCUT2D eigenvalue weighted by atomic mass is 16.4. The number of hydrogen-bond acceptors (Lipinski definition) is 3. The fourth-order valence-corrected chi connectivity index (χ4v) is 2.54. The molecule has 1 fully saturated rings. The molecule has 0 saturated carbocycles. The predicted molar refractivity (Wildman–Crippen MR) is 76.3 cm³/mol. The zero-order valence-electron chi connectivity index (χ0n) is 11.5. The van der Waals surface area contributed by atoms with E-state index in [-0.39, 0.29) is 18.2 Å². The minimum Gasteiger partial charge on any atom is -0.480 e. The largest absolute Gasteiger partial charge is 0.480 e. The summed E-state index contributed by atoms with van der Waals surface area (Å²) in [6, 6.07) is 7.91. The monoisotopic (exact) mass is 284 g/mol. The van der Waals surface area contributed by atoms with Gasteiger partial charge >= 0.3 is 5.97 Å². The number of benzene rings is 1. The maximum Gasteiger partial charge on any atom is 0.326 e. The van der Waals surface area contributed by atoms with E-state index >= 15 is 0 Å². The molecule has 0 radical (unpaired) electrons. The Morgan fingerprint density at radius 1 is 1.62 bits per heavy atom. The van der Waals surface area contributed by atoms with Crippen LogP contribution in [0.15, 0.2) is 36.9 Å². The second-order valence-corrected chi connectivity index (χ2v) is 5.12. The predicted octanol–water partition coefficient (Wildman–Crippen LogP) is 1.59. The van der Waals surface area contributed by atoms with Crippen LogP contribution in [-0.2, 0) is 16.0 Å². The van der Waals surface area contributed by atoms with Crippen molar-refractivity contribution in [3.63, 3.8) is 0 Å². The van der Waals surface area contributed by atoms with Crippen LogP contribution in [0.3, 0.4) is 0 Å². The molecule has 2 atom stereocenters. The van der Waals surface area contributed by atoms with Crippen LogP contribution in [0.1, 0.15) is 17.5 Å². The first-order chi connectivity index (χ1) is 10.0. The zero-order valence-corrected chi connectivity index (χ0v) is 11.5. The van der Waals surface area contributed by atoms with Crippen LogP contribution in [-0.4, -0.2) is 34.5 Å². The topological polar surface area (TPSA) is 81.4 Å². The van der Waals surface area contributed by atoms with Crippen LogP contribution in [0.25, 0.3) is 0 Å². The number of carboxylic acid groups (broad SMARTS) is 1. The highest BCUT2D eigenvalue weighted by Crippen LogP contribution is 2.23. The van der Waals surface area contributed by atoms with E-state index < -0.39 is 12.0 Å². The number of nitrogens with zero attached hydrogens (tertiary/aromatic N) is 2. The van der Waals surface area contributed by atoms with Gasteiger partial charge in [0.1, 0.15) is 6.04 Å². The van der Waals surface area contributed by atoms with Gasteiger partial charge in [0.15, 0.2) is 0 Å². The molecule has 1 N–H and O–H groups in total. The second-order valence-electron chi connectivity index (χ2n) is 5.12. The molecule has 0 aliphatic carbocycles. The first-order valence-electron chi connectivity index (χ1n) is 6.69. The number of carbonyl (C=O) groups is 2. The van der Waals surface area contributed by atoms with Crippen molar-refractivity contribution >= 4 is 11.9 Å². The third-order valence-electron chi connectivity index (χ3n) is 3.67. The number of likely N-dealkylation sites (tertiary alicyclic amines) is 1. The number of amides is 1. The van der Waals surface area contributed by atoms with Gasteiger partial charge in [-0.1, -0.05) is 18.2 Å². The lowest BCUT2D eigenvalue weighted by molar-refractivity contribution is -0.148. The molecule has 1 aromatic carbocycles. The maximum atomic E-state index is 12.0. The lowest BCUT2D eigenvalue weighted by Gasteiger charge is -2.24. The van der Waals surface area contributed by atoms with Crippen molar-refractivity contribution in [3.8, 4) is 6.07 Å². The van der Waals surface area contributed by atoms with Gasteiger partial charge in [0.2, 0.25) is 5.91 Å². The standard InChI is InChI=1S/C16H16N2O3/c1-2-11-8-15(19)18(10-11)14(16(20)21)7-12-4-3-5-13(6-12)9-17/h2-6,11,14H,1,7-8,10H2,(H,20,21)/t11?,14-/m0/s1. The third-order valence-corrected chi connectivity index (χ3v) is 3.67. The first-order valence-corrected chi connectivity index (χ1v) is 6.69. The summed E-state index contributed by atoms with van der Waals surface area (Å²) < 4.78 is 0. The Morgan fingerprint density at radius 3 is 2.95 bits per heavy atom. The van der Waals surface area contributed by atoms with Crippen LogP contribution < -0.4 is 0 Å². The molecule has 0 bridgehead atoms. The van der Waals surface area contributed by atoms with Crippen LogP contribution in [0, 0.1) is 17.2 Å². The fourth-order valence-electron chi connectivity index (χ4n) is 2.54. The van der Waals surface area contributed by atoms with E-state index in [1.165, 1.54) is 4.90 Å². The summed E-state index contributed by atoms with van der Waals surface area (Å²) >= 11 is 0. The molecule has 1 heterocycles. The lowest BCUT2D eigenvalue weighted by atomic mass is 10.0. The summed E-state index contributed by atoms with van der Waals surface area (Å²) in [5.74, 6) is -1.19. The molecule has 1 amide bonds. The maximum absolute atomic E-state index is 12.0. The van der Waals surface area contributed by atoms with Crippen LogP contribution in [0.2, 0.25) is 0 Å². The minimum atomic E-state index is -1.03. The van der Waals surface area contributed by atoms with E-state index in [9.17, 15) is 14.7 Å². The van der Waals surface area contributed by atoms with E-state index in [4.69, 9.17) is 5.26 Å². The second kappa shape index (κ2) is 6.23. The number of hydrogen-bond donors (Lipinski definition) is 1. The van der Waals surface area contributed by atoms with Gasteiger partial charge in [-0.05, 0) is 17.7 Å². The molecule has 5 nitrogen and oxygen atoms in total. The Balaban J connectivity index is 2.20. The SMILES string of the molecule is C=CC1CC(=O)N([C@@H](Cc2cccc(C#N)c2)C(=O)O)C1. The van der Waals surface area contributed by atoms with Gasteiger partial charge < -0.3 is 10.0 Å². The molecule has 0 aromatic heterocycles. The first kappa shape index (κ1) is 14.8. The van der Waals surface area contributed by atoms with Crippen molar-refractivity contribution in [2.45, 2.75) is 18.9 Å². The van der Waals surface area contributed by atoms with Crippen LogP contribution in [0.4, 0.5) is 0 Å². The molecular formula is C16H16N2O3. The van der Waals surface area contributed by atoms with E-state index in [1.54, 1.807) is 30.3 Å². The van der Waals surface area contributed by atoms with E-state index in [0.29, 0.717) is 18.5 Å². The van der Waals surface area contributed by atoms with Gasteiger partial charge in [-0.3, -0.25) is 4.79 Å². The quantitative estimate of drug-likeness (QED) is 0.832. The van der Waals surface area contributed by atoms with Crippen molar-refractivity contribution < 1.29 is 14.7 Å². The molecule has 1 unspecified atom stereocenters. The van der Waals surface area contributed by atoms with Gasteiger partial charge in [-0.15, -0.1) is 6.58 Å². The number of aliphatic carboxylic acids is 1. The summed E-state index contributed by atoms with van der Waals surface area (Å²) in [5.41, 5.74) is 1.21. The molecule has 1 saturated heterocycles. The summed E-state index contributed by atoms with van der Waals surface area (Å²) in [6.07, 6.45) is 2.19. The Kier molecular flexibility index (Phi) is 4.39.